The first kappa shape index (κ1) is 23.9. The number of carbonyl (C=O) groups is 1. The molecular weight excluding hydrogens is 448 g/mol. The molecule has 0 aliphatic carbocycles. The number of hydrogen-bond donors (Lipinski definition) is 1. The summed E-state index contributed by atoms with van der Waals surface area (Å²) in [6.07, 6.45) is 0. The molecule has 9 nitrogen and oxygen atoms in total. The fraction of sp³-hybridized carbons (Fsp3) is 0.333. The van der Waals surface area contributed by atoms with Crippen LogP contribution in [0.2, 0.25) is 0 Å². The Morgan fingerprint density at radius 3 is 2.38 bits per heavy atom. The van der Waals surface area contributed by atoms with E-state index in [0.29, 0.717) is 16.5 Å². The molecular formula is C21H26N6O3S2. The number of sulfonamides is 1. The van der Waals surface area contributed by atoms with Gasteiger partial charge < -0.3 is 5.32 Å². The van der Waals surface area contributed by atoms with Gasteiger partial charge in [-0.1, -0.05) is 17.8 Å². The Morgan fingerprint density at radius 1 is 1.09 bits per heavy atom. The third-order valence-electron chi connectivity index (χ3n) is 4.76. The van der Waals surface area contributed by atoms with Gasteiger partial charge in [-0.3, -0.25) is 4.79 Å². The Hall–Kier alpha value is -2.76. The summed E-state index contributed by atoms with van der Waals surface area (Å²) < 4.78 is 27.6. The molecule has 0 aliphatic heterocycles. The van der Waals surface area contributed by atoms with Crippen LogP contribution >= 0.6 is 11.8 Å². The number of nitrogens with one attached hydrogen (secondary N) is 1. The summed E-state index contributed by atoms with van der Waals surface area (Å²) in [6.45, 7) is 7.42. The summed E-state index contributed by atoms with van der Waals surface area (Å²) in [7, 11) is -0.667. The predicted molar refractivity (Wildman–Crippen MR) is 125 cm³/mol. The number of anilines is 1. The molecule has 170 valence electrons. The summed E-state index contributed by atoms with van der Waals surface area (Å²) in [5.41, 5.74) is 3.07. The van der Waals surface area contributed by atoms with E-state index in [4.69, 9.17) is 0 Å². The first-order chi connectivity index (χ1) is 15.0. The number of aromatic nitrogens is 4. The monoisotopic (exact) mass is 474 g/mol. The van der Waals surface area contributed by atoms with Crippen LogP contribution in [0.5, 0.6) is 0 Å². The molecule has 1 atom stereocenters. The summed E-state index contributed by atoms with van der Waals surface area (Å²) in [5.74, 6) is 0.341. The Balaban J connectivity index is 1.71. The Labute approximate surface area is 192 Å². The van der Waals surface area contributed by atoms with Gasteiger partial charge in [-0.05, 0) is 63.6 Å². The quantitative estimate of drug-likeness (QED) is 0.524. The number of aryl methyl sites for hydroxylation is 3. The van der Waals surface area contributed by atoms with E-state index in [2.05, 4.69) is 20.6 Å². The molecule has 0 bridgehead atoms. The SMILES string of the molecule is Cc1cc(C)n(-c2ccc(SC(C)C(=O)Nc3cc(S(=O)(=O)N(C)C)ccc3C)nn2)n1. The minimum absolute atomic E-state index is 0.120. The van der Waals surface area contributed by atoms with Gasteiger partial charge in [-0.25, -0.2) is 17.4 Å². The van der Waals surface area contributed by atoms with Gasteiger partial charge in [-0.15, -0.1) is 10.2 Å². The van der Waals surface area contributed by atoms with Crippen LogP contribution in [0.15, 0.2) is 46.3 Å². The van der Waals surface area contributed by atoms with Gasteiger partial charge in [0.15, 0.2) is 5.82 Å². The van der Waals surface area contributed by atoms with Crippen LogP contribution in [0, 0.1) is 20.8 Å². The molecule has 1 aromatic carbocycles. The van der Waals surface area contributed by atoms with Gasteiger partial charge in [0.2, 0.25) is 15.9 Å². The number of thioether (sulfide) groups is 1. The van der Waals surface area contributed by atoms with E-state index >= 15 is 0 Å². The molecule has 2 aromatic heterocycles. The average molecular weight is 475 g/mol. The zero-order valence-corrected chi connectivity index (χ0v) is 20.5. The Kier molecular flexibility index (Phi) is 7.01. The summed E-state index contributed by atoms with van der Waals surface area (Å²) in [4.78, 5) is 12.9. The molecule has 32 heavy (non-hydrogen) atoms. The molecule has 0 saturated heterocycles. The number of rotatable bonds is 7. The maximum atomic E-state index is 12.7. The first-order valence-electron chi connectivity index (χ1n) is 9.87. The van der Waals surface area contributed by atoms with Crippen molar-refractivity contribution in [1.29, 1.82) is 0 Å². The molecule has 1 amide bonds. The number of carbonyl (C=O) groups excluding carboxylic acids is 1. The van der Waals surface area contributed by atoms with E-state index in [1.54, 1.807) is 29.8 Å². The smallest absolute Gasteiger partial charge is 0.242 e. The average Bonchev–Trinajstić information content (AvgIpc) is 3.07. The number of amides is 1. The zero-order chi connectivity index (χ0) is 23.6. The van der Waals surface area contributed by atoms with Crippen LogP contribution in [-0.2, 0) is 14.8 Å². The topological polar surface area (TPSA) is 110 Å². The Morgan fingerprint density at radius 2 is 1.81 bits per heavy atom. The molecule has 2 heterocycles. The standard InChI is InChI=1S/C21H26N6O3S2/c1-13-7-8-17(32(29,30)26(5)6)12-18(13)22-21(28)16(4)31-20-10-9-19(23-24-20)27-15(3)11-14(2)25-27/h7-12,16H,1-6H3,(H,22,28). The summed E-state index contributed by atoms with van der Waals surface area (Å²) in [6, 6.07) is 10.2. The molecule has 3 rings (SSSR count). The highest BCUT2D eigenvalue weighted by Gasteiger charge is 2.21. The third kappa shape index (κ3) is 5.17. The van der Waals surface area contributed by atoms with E-state index in [1.807, 2.05) is 26.8 Å². The molecule has 1 unspecified atom stereocenters. The minimum atomic E-state index is -3.60. The van der Waals surface area contributed by atoms with Crippen LogP contribution in [0.4, 0.5) is 5.69 Å². The van der Waals surface area contributed by atoms with Crippen molar-refractivity contribution < 1.29 is 13.2 Å². The number of hydrogen-bond acceptors (Lipinski definition) is 7. The highest BCUT2D eigenvalue weighted by Crippen LogP contribution is 2.25. The lowest BCUT2D eigenvalue weighted by atomic mass is 10.2. The van der Waals surface area contributed by atoms with Crippen molar-refractivity contribution in [3.05, 3.63) is 53.3 Å². The van der Waals surface area contributed by atoms with Crippen molar-refractivity contribution in [3.63, 3.8) is 0 Å². The molecule has 3 aromatic rings. The zero-order valence-electron chi connectivity index (χ0n) is 18.8. The summed E-state index contributed by atoms with van der Waals surface area (Å²) in [5, 5.41) is 15.8. The second-order valence-corrected chi connectivity index (χ2v) is 11.1. The van der Waals surface area contributed by atoms with Crippen molar-refractivity contribution >= 4 is 33.4 Å². The molecule has 0 aliphatic rings. The van der Waals surface area contributed by atoms with Crippen molar-refractivity contribution in [2.75, 3.05) is 19.4 Å². The van der Waals surface area contributed by atoms with E-state index < -0.39 is 15.3 Å². The van der Waals surface area contributed by atoms with Crippen LogP contribution in [0.3, 0.4) is 0 Å². The third-order valence-corrected chi connectivity index (χ3v) is 7.60. The van der Waals surface area contributed by atoms with Crippen LogP contribution in [-0.4, -0.2) is 58.0 Å². The number of nitrogens with zero attached hydrogens (tertiary/aromatic N) is 5. The number of benzene rings is 1. The highest BCUT2D eigenvalue weighted by atomic mass is 32.2. The van der Waals surface area contributed by atoms with Gasteiger partial charge in [0.1, 0.15) is 5.03 Å². The highest BCUT2D eigenvalue weighted by molar-refractivity contribution is 8.00. The van der Waals surface area contributed by atoms with Crippen LogP contribution in [0.1, 0.15) is 23.9 Å². The van der Waals surface area contributed by atoms with Gasteiger partial charge in [0.25, 0.3) is 0 Å². The first-order valence-corrected chi connectivity index (χ1v) is 12.2. The van der Waals surface area contributed by atoms with Crippen molar-refractivity contribution in [3.8, 4) is 5.82 Å². The van der Waals surface area contributed by atoms with E-state index in [9.17, 15) is 13.2 Å². The molecule has 0 spiro atoms. The van der Waals surface area contributed by atoms with Crippen LogP contribution in [0.25, 0.3) is 5.82 Å². The maximum absolute atomic E-state index is 12.7. The molecule has 1 N–H and O–H groups in total. The lowest BCUT2D eigenvalue weighted by Gasteiger charge is -2.16. The normalized spacial score (nSPS) is 12.7. The second-order valence-electron chi connectivity index (χ2n) is 7.58. The van der Waals surface area contributed by atoms with Gasteiger partial charge in [0.05, 0.1) is 15.8 Å². The molecule has 0 saturated carbocycles. The van der Waals surface area contributed by atoms with E-state index in [-0.39, 0.29) is 10.8 Å². The van der Waals surface area contributed by atoms with Crippen molar-refractivity contribution in [1.82, 2.24) is 24.3 Å². The molecule has 0 radical (unpaired) electrons. The second kappa shape index (κ2) is 9.39. The van der Waals surface area contributed by atoms with E-state index in [1.165, 1.54) is 38.0 Å². The van der Waals surface area contributed by atoms with Gasteiger partial charge >= 0.3 is 0 Å². The van der Waals surface area contributed by atoms with Crippen molar-refractivity contribution in [2.24, 2.45) is 0 Å². The largest absolute Gasteiger partial charge is 0.325 e. The Bertz CT molecular complexity index is 1240. The van der Waals surface area contributed by atoms with E-state index in [0.717, 1.165) is 21.3 Å². The van der Waals surface area contributed by atoms with Gasteiger partial charge in [0, 0.05) is 25.5 Å². The summed E-state index contributed by atoms with van der Waals surface area (Å²) >= 11 is 1.26. The molecule has 11 heteroatoms. The lowest BCUT2D eigenvalue weighted by molar-refractivity contribution is -0.115. The minimum Gasteiger partial charge on any atom is -0.325 e. The predicted octanol–water partition coefficient (Wildman–Crippen LogP) is 2.96. The fourth-order valence-electron chi connectivity index (χ4n) is 2.93. The fourth-order valence-corrected chi connectivity index (χ4v) is 4.62. The van der Waals surface area contributed by atoms with Gasteiger partial charge in [-0.2, -0.15) is 5.10 Å². The lowest BCUT2D eigenvalue weighted by Crippen LogP contribution is -2.24. The van der Waals surface area contributed by atoms with Crippen LogP contribution < -0.4 is 5.32 Å². The van der Waals surface area contributed by atoms with Crippen molar-refractivity contribution in [2.45, 2.75) is 42.9 Å². The molecule has 0 fully saturated rings. The maximum Gasteiger partial charge on any atom is 0.242 e.